The van der Waals surface area contributed by atoms with Gasteiger partial charge in [-0.2, -0.15) is 13.5 Å². The lowest BCUT2D eigenvalue weighted by molar-refractivity contribution is 0.584. The molecule has 4 nitrogen and oxygen atoms in total. The Morgan fingerprint density at radius 3 is 2.37 bits per heavy atom. The molecule has 1 heterocycles. The highest BCUT2D eigenvalue weighted by Crippen LogP contribution is 2.13. The first-order chi connectivity index (χ1) is 8.97. The molecule has 0 bridgehead atoms. The van der Waals surface area contributed by atoms with E-state index < -0.39 is 10.0 Å². The molecule has 0 atom stereocenters. The van der Waals surface area contributed by atoms with E-state index in [1.54, 1.807) is 35.6 Å². The minimum absolute atomic E-state index is 0.206. The molecule has 100 valence electrons. The summed E-state index contributed by atoms with van der Waals surface area (Å²) in [7, 11) is -3.58. The van der Waals surface area contributed by atoms with Crippen LogP contribution >= 0.6 is 11.3 Å². The second-order valence-corrected chi connectivity index (χ2v) is 7.09. The summed E-state index contributed by atoms with van der Waals surface area (Å²) < 4.78 is 23.8. The zero-order valence-corrected chi connectivity index (χ0v) is 12.3. The van der Waals surface area contributed by atoms with Gasteiger partial charge in [0.2, 0.25) is 0 Å². The standard InChI is InChI=1S/C13H14N2O2S2/c1-10-3-7-13(8-4-10)19(16,17)15-14-9-12-6-5-11(2)18-12/h3-9,15H,1-2H3/b14-9-. The van der Waals surface area contributed by atoms with Crippen molar-refractivity contribution in [1.29, 1.82) is 0 Å². The molecule has 0 aliphatic heterocycles. The number of nitrogens with zero attached hydrogens (tertiary/aromatic N) is 1. The average molecular weight is 294 g/mol. The number of hydrogen-bond donors (Lipinski definition) is 1. The molecule has 1 aromatic heterocycles. The van der Waals surface area contributed by atoms with Crippen LogP contribution in [0, 0.1) is 13.8 Å². The summed E-state index contributed by atoms with van der Waals surface area (Å²) in [4.78, 5) is 4.47. The Morgan fingerprint density at radius 1 is 1.11 bits per heavy atom. The van der Waals surface area contributed by atoms with Crippen LogP contribution in [0.25, 0.3) is 0 Å². The highest BCUT2D eigenvalue weighted by molar-refractivity contribution is 7.89. The molecule has 0 amide bonds. The van der Waals surface area contributed by atoms with Gasteiger partial charge in [0.25, 0.3) is 10.0 Å². The van der Waals surface area contributed by atoms with Crippen molar-refractivity contribution in [3.63, 3.8) is 0 Å². The van der Waals surface area contributed by atoms with Gasteiger partial charge in [0.15, 0.2) is 0 Å². The molecule has 0 saturated carbocycles. The number of aryl methyl sites for hydroxylation is 2. The van der Waals surface area contributed by atoms with E-state index in [2.05, 4.69) is 9.93 Å². The Kier molecular flexibility index (Phi) is 4.01. The molecule has 0 spiro atoms. The first-order valence-corrected chi connectivity index (χ1v) is 7.95. The van der Waals surface area contributed by atoms with Crippen LogP contribution in [0.4, 0.5) is 0 Å². The number of rotatable bonds is 4. The molecule has 0 unspecified atom stereocenters. The minimum Gasteiger partial charge on any atom is -0.200 e. The summed E-state index contributed by atoms with van der Waals surface area (Å²) in [6.07, 6.45) is 1.50. The van der Waals surface area contributed by atoms with Gasteiger partial charge in [-0.3, -0.25) is 0 Å². The maximum absolute atomic E-state index is 11.9. The molecule has 2 rings (SSSR count). The fourth-order valence-corrected chi connectivity index (χ4v) is 2.99. The molecule has 2 aromatic rings. The number of nitrogens with one attached hydrogen (secondary N) is 1. The van der Waals surface area contributed by atoms with Crippen LogP contribution < -0.4 is 4.83 Å². The molecule has 0 saturated heterocycles. The van der Waals surface area contributed by atoms with Crippen LogP contribution in [-0.2, 0) is 10.0 Å². The fourth-order valence-electron chi connectivity index (χ4n) is 1.45. The molecular formula is C13H14N2O2S2. The lowest BCUT2D eigenvalue weighted by Gasteiger charge is -2.02. The van der Waals surface area contributed by atoms with Gasteiger partial charge < -0.3 is 0 Å². The van der Waals surface area contributed by atoms with E-state index in [9.17, 15) is 8.42 Å². The zero-order valence-electron chi connectivity index (χ0n) is 10.6. The van der Waals surface area contributed by atoms with Gasteiger partial charge in [-0.15, -0.1) is 11.3 Å². The summed E-state index contributed by atoms with van der Waals surface area (Å²) in [6.45, 7) is 3.89. The van der Waals surface area contributed by atoms with Crippen molar-refractivity contribution in [3.8, 4) is 0 Å². The third-order valence-corrected chi connectivity index (χ3v) is 4.63. The summed E-state index contributed by atoms with van der Waals surface area (Å²) in [5.74, 6) is 0. The number of hydrogen-bond acceptors (Lipinski definition) is 4. The number of benzene rings is 1. The Hall–Kier alpha value is -1.66. The number of sulfonamides is 1. The van der Waals surface area contributed by atoms with E-state index in [1.807, 2.05) is 26.0 Å². The average Bonchev–Trinajstić information content (AvgIpc) is 2.75. The highest BCUT2D eigenvalue weighted by atomic mass is 32.2. The predicted molar refractivity (Wildman–Crippen MR) is 78.2 cm³/mol. The Balaban J connectivity index is 2.09. The van der Waals surface area contributed by atoms with Crippen molar-refractivity contribution in [2.45, 2.75) is 18.7 Å². The van der Waals surface area contributed by atoms with Gasteiger partial charge >= 0.3 is 0 Å². The van der Waals surface area contributed by atoms with Crippen LogP contribution in [0.3, 0.4) is 0 Å². The smallest absolute Gasteiger partial charge is 0.200 e. The van der Waals surface area contributed by atoms with Gasteiger partial charge in [0.1, 0.15) is 0 Å². The van der Waals surface area contributed by atoms with E-state index >= 15 is 0 Å². The van der Waals surface area contributed by atoms with E-state index in [-0.39, 0.29) is 4.90 Å². The Bertz CT molecular complexity index is 686. The Morgan fingerprint density at radius 2 is 1.79 bits per heavy atom. The van der Waals surface area contributed by atoms with Gasteiger partial charge in [0, 0.05) is 9.75 Å². The Labute approximate surface area is 116 Å². The molecule has 0 aliphatic carbocycles. The molecule has 0 fully saturated rings. The van der Waals surface area contributed by atoms with Crippen molar-refractivity contribution in [2.75, 3.05) is 0 Å². The second-order valence-electron chi connectivity index (χ2n) is 4.11. The first kappa shape index (κ1) is 13.8. The highest BCUT2D eigenvalue weighted by Gasteiger charge is 2.11. The van der Waals surface area contributed by atoms with Crippen molar-refractivity contribution in [2.24, 2.45) is 5.10 Å². The summed E-state index contributed by atoms with van der Waals surface area (Å²) in [5, 5.41) is 3.77. The van der Waals surface area contributed by atoms with Gasteiger partial charge in [-0.25, -0.2) is 4.83 Å². The van der Waals surface area contributed by atoms with Crippen LogP contribution in [0.15, 0.2) is 46.4 Å². The van der Waals surface area contributed by atoms with Crippen molar-refractivity contribution in [1.82, 2.24) is 4.83 Å². The molecule has 0 radical (unpaired) electrons. The maximum Gasteiger partial charge on any atom is 0.276 e. The van der Waals surface area contributed by atoms with Crippen molar-refractivity contribution in [3.05, 3.63) is 51.7 Å². The van der Waals surface area contributed by atoms with Crippen LogP contribution in [0.1, 0.15) is 15.3 Å². The SMILES string of the molecule is Cc1ccc(S(=O)(=O)N/N=C\c2ccc(C)s2)cc1. The third kappa shape index (κ3) is 3.65. The minimum atomic E-state index is -3.58. The maximum atomic E-state index is 11.9. The van der Waals surface area contributed by atoms with E-state index in [0.29, 0.717) is 0 Å². The molecule has 1 aromatic carbocycles. The first-order valence-electron chi connectivity index (χ1n) is 5.65. The molecule has 0 aliphatic rings. The van der Waals surface area contributed by atoms with E-state index in [4.69, 9.17) is 0 Å². The lowest BCUT2D eigenvalue weighted by Crippen LogP contribution is -2.18. The third-order valence-electron chi connectivity index (χ3n) is 2.46. The quantitative estimate of drug-likeness (QED) is 0.696. The second kappa shape index (κ2) is 5.54. The monoisotopic (exact) mass is 294 g/mol. The van der Waals surface area contributed by atoms with Crippen LogP contribution in [0.5, 0.6) is 0 Å². The predicted octanol–water partition coefficient (Wildman–Crippen LogP) is 2.68. The largest absolute Gasteiger partial charge is 0.276 e. The van der Waals surface area contributed by atoms with Gasteiger partial charge in [0.05, 0.1) is 11.1 Å². The summed E-state index contributed by atoms with van der Waals surface area (Å²) in [6, 6.07) is 10.5. The molecule has 1 N–H and O–H groups in total. The topological polar surface area (TPSA) is 58.5 Å². The number of hydrazone groups is 1. The normalized spacial score (nSPS) is 11.9. The lowest BCUT2D eigenvalue weighted by atomic mass is 10.2. The van der Waals surface area contributed by atoms with E-state index in [1.165, 1.54) is 6.21 Å². The molecule has 19 heavy (non-hydrogen) atoms. The molecular weight excluding hydrogens is 280 g/mol. The van der Waals surface area contributed by atoms with Crippen LogP contribution in [0.2, 0.25) is 0 Å². The van der Waals surface area contributed by atoms with Gasteiger partial charge in [-0.1, -0.05) is 17.7 Å². The zero-order chi connectivity index (χ0) is 13.9. The van der Waals surface area contributed by atoms with E-state index in [0.717, 1.165) is 15.3 Å². The van der Waals surface area contributed by atoms with Crippen LogP contribution in [-0.4, -0.2) is 14.6 Å². The van der Waals surface area contributed by atoms with Crippen molar-refractivity contribution < 1.29 is 8.42 Å². The van der Waals surface area contributed by atoms with Gasteiger partial charge in [-0.05, 0) is 38.1 Å². The fraction of sp³-hybridized carbons (Fsp3) is 0.154. The summed E-state index contributed by atoms with van der Waals surface area (Å²) in [5.41, 5.74) is 1.01. The summed E-state index contributed by atoms with van der Waals surface area (Å²) >= 11 is 1.55. The van der Waals surface area contributed by atoms with Crippen molar-refractivity contribution >= 4 is 27.6 Å². The molecule has 6 heteroatoms. The number of thiophene rings is 1.